The summed E-state index contributed by atoms with van der Waals surface area (Å²) in [7, 11) is 1.41. The van der Waals surface area contributed by atoms with Gasteiger partial charge >= 0.3 is 6.03 Å². The molecule has 0 unspecified atom stereocenters. The number of imidazole rings is 1. The highest BCUT2D eigenvalue weighted by Crippen LogP contribution is 2.25. The Kier molecular flexibility index (Phi) is 6.06. The summed E-state index contributed by atoms with van der Waals surface area (Å²) in [6.07, 6.45) is 3.50. The number of likely N-dealkylation sites (tertiary alicyclic amines) is 1. The highest BCUT2D eigenvalue weighted by Gasteiger charge is 2.28. The van der Waals surface area contributed by atoms with Crippen molar-refractivity contribution in [3.8, 4) is 5.75 Å². The predicted octanol–water partition coefficient (Wildman–Crippen LogP) is 4.33. The quantitative estimate of drug-likeness (QED) is 0.638. The maximum Gasteiger partial charge on any atom is 0.321 e. The van der Waals surface area contributed by atoms with E-state index in [9.17, 15) is 9.18 Å². The number of nitrogens with one attached hydrogen (secondary N) is 1. The third kappa shape index (κ3) is 4.62. The SMILES string of the molecule is COc1ccc(NC(=O)N2CC[C@@H](Cc3nc4cccnc4n3CC(C)C)C2)cc1F. The number of anilines is 1. The molecule has 0 bridgehead atoms. The van der Waals surface area contributed by atoms with Gasteiger partial charge in [0.15, 0.2) is 17.2 Å². The standard InChI is InChI=1S/C23H28FN5O2/c1-15(2)13-29-21(27-19-5-4-9-25-22(19)29)11-16-8-10-28(14-16)23(30)26-17-6-7-20(31-3)18(24)12-17/h4-7,9,12,15-16H,8,10-11,13-14H2,1-3H3,(H,26,30)/t16-/m0/s1. The van der Waals surface area contributed by atoms with E-state index in [4.69, 9.17) is 9.72 Å². The molecule has 0 aliphatic carbocycles. The monoisotopic (exact) mass is 425 g/mol. The van der Waals surface area contributed by atoms with E-state index in [1.54, 1.807) is 17.2 Å². The molecule has 1 atom stereocenters. The number of halogens is 1. The van der Waals surface area contributed by atoms with E-state index in [0.717, 1.165) is 36.4 Å². The van der Waals surface area contributed by atoms with Crippen LogP contribution in [-0.4, -0.2) is 45.7 Å². The Morgan fingerprint density at radius 3 is 2.94 bits per heavy atom. The lowest BCUT2D eigenvalue weighted by Gasteiger charge is -2.18. The van der Waals surface area contributed by atoms with Crippen LogP contribution in [0.1, 0.15) is 26.1 Å². The van der Waals surface area contributed by atoms with Gasteiger partial charge in [0.1, 0.15) is 11.3 Å². The summed E-state index contributed by atoms with van der Waals surface area (Å²) < 4.78 is 21.0. The van der Waals surface area contributed by atoms with Gasteiger partial charge in [-0.15, -0.1) is 0 Å². The number of pyridine rings is 1. The zero-order chi connectivity index (χ0) is 22.0. The fourth-order valence-corrected chi connectivity index (χ4v) is 4.11. The molecule has 1 saturated heterocycles. The summed E-state index contributed by atoms with van der Waals surface area (Å²) in [6.45, 7) is 6.54. The van der Waals surface area contributed by atoms with Crippen LogP contribution >= 0.6 is 0 Å². The van der Waals surface area contributed by atoms with Crippen LogP contribution in [0, 0.1) is 17.7 Å². The molecular weight excluding hydrogens is 397 g/mol. The van der Waals surface area contributed by atoms with Gasteiger partial charge in [0.2, 0.25) is 0 Å². The van der Waals surface area contributed by atoms with E-state index in [0.29, 0.717) is 30.6 Å². The molecule has 0 spiro atoms. The van der Waals surface area contributed by atoms with Crippen LogP contribution in [0.3, 0.4) is 0 Å². The third-order valence-corrected chi connectivity index (χ3v) is 5.58. The van der Waals surface area contributed by atoms with Gasteiger partial charge in [-0.3, -0.25) is 0 Å². The number of hydrogen-bond donors (Lipinski definition) is 1. The van der Waals surface area contributed by atoms with Crippen molar-refractivity contribution < 1.29 is 13.9 Å². The normalized spacial score (nSPS) is 16.3. The van der Waals surface area contributed by atoms with Crippen LogP contribution in [0.15, 0.2) is 36.5 Å². The molecule has 0 saturated carbocycles. The number of benzene rings is 1. The van der Waals surface area contributed by atoms with Crippen molar-refractivity contribution in [1.82, 2.24) is 19.4 Å². The first-order valence-corrected chi connectivity index (χ1v) is 10.6. The van der Waals surface area contributed by atoms with Crippen LogP contribution in [0.25, 0.3) is 11.2 Å². The number of amides is 2. The molecule has 8 heteroatoms. The van der Waals surface area contributed by atoms with Crippen LogP contribution < -0.4 is 10.1 Å². The van der Waals surface area contributed by atoms with Gasteiger partial charge < -0.3 is 19.5 Å². The number of fused-ring (bicyclic) bond motifs is 1. The molecule has 2 aromatic heterocycles. The van der Waals surface area contributed by atoms with Gasteiger partial charge in [0.05, 0.1) is 7.11 Å². The molecular formula is C23H28FN5O2. The second-order valence-corrected chi connectivity index (χ2v) is 8.46. The van der Waals surface area contributed by atoms with Crippen molar-refractivity contribution in [1.29, 1.82) is 0 Å². The van der Waals surface area contributed by atoms with Crippen LogP contribution in [-0.2, 0) is 13.0 Å². The molecule has 164 valence electrons. The molecule has 0 radical (unpaired) electrons. The smallest absolute Gasteiger partial charge is 0.321 e. The first kappa shape index (κ1) is 21.1. The second kappa shape index (κ2) is 8.91. The van der Waals surface area contributed by atoms with Crippen LogP contribution in [0.5, 0.6) is 5.75 Å². The van der Waals surface area contributed by atoms with Crippen molar-refractivity contribution in [2.75, 3.05) is 25.5 Å². The Balaban J connectivity index is 1.42. The molecule has 7 nitrogen and oxygen atoms in total. The number of hydrogen-bond acceptors (Lipinski definition) is 4. The maximum atomic E-state index is 13.9. The Labute approximate surface area is 181 Å². The van der Waals surface area contributed by atoms with Crippen molar-refractivity contribution in [2.24, 2.45) is 11.8 Å². The number of methoxy groups -OCH3 is 1. The molecule has 3 aromatic rings. The van der Waals surface area contributed by atoms with E-state index in [1.807, 2.05) is 12.1 Å². The molecule has 3 heterocycles. The number of aromatic nitrogens is 3. The van der Waals surface area contributed by atoms with Gasteiger partial charge in [-0.05, 0) is 42.5 Å². The van der Waals surface area contributed by atoms with E-state index in [2.05, 4.69) is 28.7 Å². The number of carbonyl (C=O) groups is 1. The van der Waals surface area contributed by atoms with E-state index in [-0.39, 0.29) is 11.8 Å². The highest BCUT2D eigenvalue weighted by atomic mass is 19.1. The summed E-state index contributed by atoms with van der Waals surface area (Å²) in [6, 6.07) is 8.09. The van der Waals surface area contributed by atoms with E-state index >= 15 is 0 Å². The summed E-state index contributed by atoms with van der Waals surface area (Å²) in [4.78, 5) is 23.8. The summed E-state index contributed by atoms with van der Waals surface area (Å²) in [5, 5.41) is 2.78. The summed E-state index contributed by atoms with van der Waals surface area (Å²) >= 11 is 0. The number of urea groups is 1. The van der Waals surface area contributed by atoms with Gasteiger partial charge in [0, 0.05) is 44.0 Å². The Morgan fingerprint density at radius 1 is 1.35 bits per heavy atom. The molecule has 1 N–H and O–H groups in total. The van der Waals surface area contributed by atoms with E-state index in [1.165, 1.54) is 19.2 Å². The molecule has 2 amide bonds. The van der Waals surface area contributed by atoms with Gasteiger partial charge in [-0.25, -0.2) is 19.2 Å². The van der Waals surface area contributed by atoms with Gasteiger partial charge in [-0.2, -0.15) is 0 Å². The first-order valence-electron chi connectivity index (χ1n) is 10.6. The van der Waals surface area contributed by atoms with Gasteiger partial charge in [-0.1, -0.05) is 13.8 Å². The van der Waals surface area contributed by atoms with Crippen molar-refractivity contribution in [3.63, 3.8) is 0 Å². The second-order valence-electron chi connectivity index (χ2n) is 8.46. The lowest BCUT2D eigenvalue weighted by Crippen LogP contribution is -2.33. The Bertz CT molecular complexity index is 1080. The lowest BCUT2D eigenvalue weighted by atomic mass is 10.0. The largest absolute Gasteiger partial charge is 0.494 e. The minimum absolute atomic E-state index is 0.151. The Morgan fingerprint density at radius 2 is 2.19 bits per heavy atom. The van der Waals surface area contributed by atoms with Crippen LogP contribution in [0.2, 0.25) is 0 Å². The van der Waals surface area contributed by atoms with Crippen LogP contribution in [0.4, 0.5) is 14.9 Å². The Hall–Kier alpha value is -3.16. The third-order valence-electron chi connectivity index (χ3n) is 5.58. The fourth-order valence-electron chi connectivity index (χ4n) is 4.11. The molecule has 1 aliphatic rings. The van der Waals surface area contributed by atoms with E-state index < -0.39 is 5.82 Å². The maximum absolute atomic E-state index is 13.9. The highest BCUT2D eigenvalue weighted by molar-refractivity contribution is 5.89. The molecule has 1 aromatic carbocycles. The van der Waals surface area contributed by atoms with Crippen molar-refractivity contribution in [3.05, 3.63) is 48.2 Å². The molecule has 4 rings (SSSR count). The molecule has 31 heavy (non-hydrogen) atoms. The zero-order valence-electron chi connectivity index (χ0n) is 18.1. The first-order chi connectivity index (χ1) is 14.9. The fraction of sp³-hybridized carbons (Fsp3) is 0.435. The number of carbonyl (C=O) groups excluding carboxylic acids is 1. The predicted molar refractivity (Wildman–Crippen MR) is 118 cm³/mol. The zero-order valence-corrected chi connectivity index (χ0v) is 18.1. The minimum atomic E-state index is -0.503. The van der Waals surface area contributed by atoms with Crippen molar-refractivity contribution >= 4 is 22.9 Å². The average Bonchev–Trinajstić information content (AvgIpc) is 3.33. The molecule has 1 aliphatic heterocycles. The van der Waals surface area contributed by atoms with Crippen molar-refractivity contribution in [2.45, 2.75) is 33.2 Å². The summed E-state index contributed by atoms with van der Waals surface area (Å²) in [5.41, 5.74) is 2.24. The number of nitrogens with zero attached hydrogens (tertiary/aromatic N) is 4. The molecule has 1 fully saturated rings. The van der Waals surface area contributed by atoms with Gasteiger partial charge in [0.25, 0.3) is 0 Å². The number of rotatable bonds is 6. The summed E-state index contributed by atoms with van der Waals surface area (Å²) in [5.74, 6) is 1.47. The lowest BCUT2D eigenvalue weighted by molar-refractivity contribution is 0.220. The minimum Gasteiger partial charge on any atom is -0.494 e. The average molecular weight is 426 g/mol. The number of ether oxygens (including phenoxy) is 1. The topological polar surface area (TPSA) is 72.3 Å².